The van der Waals surface area contributed by atoms with E-state index in [1.165, 1.54) is 0 Å². The average Bonchev–Trinajstić information content (AvgIpc) is 2.92. The molecule has 0 heterocycles. The summed E-state index contributed by atoms with van der Waals surface area (Å²) in [6, 6.07) is 0. The minimum absolute atomic E-state index is 0.112. The Bertz CT molecular complexity index is 656. The molecule has 42 heavy (non-hydrogen) atoms. The highest BCUT2D eigenvalue weighted by Gasteiger charge is 2.27. The summed E-state index contributed by atoms with van der Waals surface area (Å²) < 4.78 is 44.0. The second kappa shape index (κ2) is 27.1. The summed E-state index contributed by atoms with van der Waals surface area (Å²) in [6.07, 6.45) is 0.386. The fourth-order valence-corrected chi connectivity index (χ4v) is 3.23. The van der Waals surface area contributed by atoms with Crippen LogP contribution in [0.5, 0.6) is 0 Å². The molecule has 0 aromatic heterocycles. The maximum Gasteiger partial charge on any atom is 0.222 e. The molecule has 0 aromatic carbocycles. The van der Waals surface area contributed by atoms with Crippen LogP contribution in [0.15, 0.2) is 0 Å². The topological polar surface area (TPSA) is 184 Å². The molecular formula is C28H58N4O10. The third kappa shape index (κ3) is 30.0. The van der Waals surface area contributed by atoms with Crippen molar-refractivity contribution in [2.45, 2.75) is 51.7 Å². The van der Waals surface area contributed by atoms with Gasteiger partial charge in [0.1, 0.15) is 0 Å². The number of primary amides is 1. The van der Waals surface area contributed by atoms with Crippen molar-refractivity contribution >= 4 is 11.8 Å². The second-order valence-corrected chi connectivity index (χ2v) is 10.6. The van der Waals surface area contributed by atoms with Crippen molar-refractivity contribution in [3.63, 3.8) is 0 Å². The van der Waals surface area contributed by atoms with Gasteiger partial charge in [0.05, 0.1) is 110 Å². The van der Waals surface area contributed by atoms with Gasteiger partial charge in [-0.05, 0) is 27.7 Å². The van der Waals surface area contributed by atoms with Crippen LogP contribution in [0.3, 0.4) is 0 Å². The number of nitrogens with two attached hydrogens (primary N) is 2. The first kappa shape index (κ1) is 40.5. The lowest BCUT2D eigenvalue weighted by atomic mass is 10.0. The summed E-state index contributed by atoms with van der Waals surface area (Å²) >= 11 is 0. The van der Waals surface area contributed by atoms with Crippen molar-refractivity contribution in [1.29, 1.82) is 0 Å². The summed E-state index contributed by atoms with van der Waals surface area (Å²) in [4.78, 5) is 23.1. The van der Waals surface area contributed by atoms with Crippen LogP contribution in [0.2, 0.25) is 0 Å². The van der Waals surface area contributed by atoms with Crippen LogP contribution in [-0.4, -0.2) is 142 Å². The van der Waals surface area contributed by atoms with E-state index in [-0.39, 0.29) is 18.7 Å². The lowest BCUT2D eigenvalue weighted by Gasteiger charge is -2.31. The summed E-state index contributed by atoms with van der Waals surface area (Å²) in [5, 5.41) is 6.04. The molecule has 0 bridgehead atoms. The van der Waals surface area contributed by atoms with Gasteiger partial charge in [0.15, 0.2) is 0 Å². The molecule has 0 aliphatic rings. The number of hydrogen-bond acceptors (Lipinski definition) is 12. The van der Waals surface area contributed by atoms with E-state index in [0.717, 1.165) is 13.1 Å². The Morgan fingerprint density at radius 1 is 0.595 bits per heavy atom. The van der Waals surface area contributed by atoms with E-state index in [1.807, 2.05) is 13.8 Å². The van der Waals surface area contributed by atoms with Crippen LogP contribution in [0.4, 0.5) is 0 Å². The van der Waals surface area contributed by atoms with Crippen molar-refractivity contribution in [3.05, 3.63) is 0 Å². The molecule has 6 N–H and O–H groups in total. The molecule has 0 saturated carbocycles. The van der Waals surface area contributed by atoms with E-state index >= 15 is 0 Å². The highest BCUT2D eigenvalue weighted by atomic mass is 16.6. The highest BCUT2D eigenvalue weighted by Crippen LogP contribution is 2.18. The SMILES string of the molecule is CC(C)(COC(C)(C)CC(N)=O)OCCNC(=O)CCOCCOCCOCCNCCOCCOCCOCCN. The Labute approximate surface area is 252 Å². The molecule has 2 amide bonds. The Morgan fingerprint density at radius 2 is 1.07 bits per heavy atom. The molecule has 0 saturated heterocycles. The Morgan fingerprint density at radius 3 is 1.57 bits per heavy atom. The average molecular weight is 611 g/mol. The summed E-state index contributed by atoms with van der Waals surface area (Å²) in [5.74, 6) is -0.527. The molecule has 0 atom stereocenters. The van der Waals surface area contributed by atoms with Crippen molar-refractivity contribution in [1.82, 2.24) is 10.6 Å². The minimum Gasteiger partial charge on any atom is -0.379 e. The fourth-order valence-electron chi connectivity index (χ4n) is 3.23. The first-order valence-electron chi connectivity index (χ1n) is 14.8. The van der Waals surface area contributed by atoms with E-state index < -0.39 is 17.1 Å². The molecule has 0 aromatic rings. The normalized spacial score (nSPS) is 12.1. The molecule has 0 fully saturated rings. The number of nitrogens with one attached hydrogen (secondary N) is 2. The van der Waals surface area contributed by atoms with Crippen LogP contribution in [0, 0.1) is 0 Å². The largest absolute Gasteiger partial charge is 0.379 e. The molecule has 14 heteroatoms. The Balaban J connectivity index is 3.39. The zero-order valence-electron chi connectivity index (χ0n) is 26.4. The van der Waals surface area contributed by atoms with Gasteiger partial charge in [-0.2, -0.15) is 0 Å². The summed E-state index contributed by atoms with van der Waals surface area (Å²) in [5.41, 5.74) is 9.34. The van der Waals surface area contributed by atoms with Crippen LogP contribution in [0.1, 0.15) is 40.5 Å². The Hall–Kier alpha value is -1.46. The maximum atomic E-state index is 11.9. The van der Waals surface area contributed by atoms with Gasteiger partial charge >= 0.3 is 0 Å². The molecule has 0 aliphatic carbocycles. The lowest BCUT2D eigenvalue weighted by Crippen LogP contribution is -2.40. The lowest BCUT2D eigenvalue weighted by molar-refractivity contribution is -0.137. The van der Waals surface area contributed by atoms with Gasteiger partial charge in [0, 0.05) is 32.6 Å². The van der Waals surface area contributed by atoms with Crippen LogP contribution < -0.4 is 22.1 Å². The predicted octanol–water partition coefficient (Wildman–Crippen LogP) is -0.394. The van der Waals surface area contributed by atoms with E-state index in [9.17, 15) is 9.59 Å². The number of carbonyl (C=O) groups is 2. The molecule has 0 aliphatic heterocycles. The number of ether oxygens (including phenoxy) is 8. The van der Waals surface area contributed by atoms with Gasteiger partial charge < -0.3 is 60.0 Å². The Kier molecular flexibility index (Phi) is 26.2. The van der Waals surface area contributed by atoms with E-state index in [2.05, 4.69) is 10.6 Å². The molecule has 0 unspecified atom stereocenters. The molecule has 14 nitrogen and oxygen atoms in total. The van der Waals surface area contributed by atoms with Gasteiger partial charge in [0.2, 0.25) is 11.8 Å². The molecular weight excluding hydrogens is 552 g/mol. The third-order valence-corrected chi connectivity index (χ3v) is 5.40. The zero-order chi connectivity index (χ0) is 31.4. The van der Waals surface area contributed by atoms with E-state index in [1.54, 1.807) is 13.8 Å². The fraction of sp³-hybridized carbons (Fsp3) is 0.929. The number of rotatable bonds is 32. The molecule has 250 valence electrons. The maximum absolute atomic E-state index is 11.9. The predicted molar refractivity (Wildman–Crippen MR) is 158 cm³/mol. The molecule has 0 radical (unpaired) electrons. The monoisotopic (exact) mass is 610 g/mol. The van der Waals surface area contributed by atoms with Gasteiger partial charge in [-0.1, -0.05) is 0 Å². The minimum atomic E-state index is -0.660. The van der Waals surface area contributed by atoms with Crippen molar-refractivity contribution in [3.8, 4) is 0 Å². The van der Waals surface area contributed by atoms with Crippen LogP contribution >= 0.6 is 0 Å². The second-order valence-electron chi connectivity index (χ2n) is 10.6. The first-order valence-corrected chi connectivity index (χ1v) is 14.8. The third-order valence-electron chi connectivity index (χ3n) is 5.40. The smallest absolute Gasteiger partial charge is 0.222 e. The standard InChI is InChI=1S/C28H58N4O10/c1-27(2,23-25(30)33)42-24-28(3,4)41-14-9-32-26(34)5-10-35-15-19-39-21-17-37-12-7-31-8-13-38-18-22-40-20-16-36-11-6-29/h31H,5-24,29H2,1-4H3,(H2,30,33)(H,32,34). The summed E-state index contributed by atoms with van der Waals surface area (Å²) in [7, 11) is 0. The molecule has 0 rings (SSSR count). The highest BCUT2D eigenvalue weighted by molar-refractivity contribution is 5.76. The van der Waals surface area contributed by atoms with Crippen LogP contribution in [-0.2, 0) is 47.5 Å². The van der Waals surface area contributed by atoms with Crippen molar-refractivity contribution in [2.75, 3.05) is 119 Å². The quantitative estimate of drug-likeness (QED) is 0.0725. The van der Waals surface area contributed by atoms with Gasteiger partial charge in [-0.25, -0.2) is 0 Å². The number of hydrogen-bond donors (Lipinski definition) is 4. The number of amides is 2. The van der Waals surface area contributed by atoms with Gasteiger partial charge in [-0.3, -0.25) is 9.59 Å². The molecule has 0 spiro atoms. The van der Waals surface area contributed by atoms with E-state index in [0.29, 0.717) is 106 Å². The van der Waals surface area contributed by atoms with Crippen LogP contribution in [0.25, 0.3) is 0 Å². The number of carbonyl (C=O) groups excluding carboxylic acids is 2. The van der Waals surface area contributed by atoms with Crippen molar-refractivity contribution < 1.29 is 47.5 Å². The summed E-state index contributed by atoms with van der Waals surface area (Å²) in [6.45, 7) is 16.5. The van der Waals surface area contributed by atoms with Crippen molar-refractivity contribution in [2.24, 2.45) is 11.5 Å². The van der Waals surface area contributed by atoms with Gasteiger partial charge in [-0.15, -0.1) is 0 Å². The van der Waals surface area contributed by atoms with E-state index in [4.69, 9.17) is 49.4 Å². The zero-order valence-corrected chi connectivity index (χ0v) is 26.4. The van der Waals surface area contributed by atoms with Gasteiger partial charge in [0.25, 0.3) is 0 Å². The first-order chi connectivity index (χ1) is 20.1.